The van der Waals surface area contributed by atoms with Gasteiger partial charge < -0.3 is 5.32 Å². The van der Waals surface area contributed by atoms with Crippen molar-refractivity contribution in [3.63, 3.8) is 0 Å². The zero-order valence-corrected chi connectivity index (χ0v) is 11.1. The van der Waals surface area contributed by atoms with Gasteiger partial charge in [-0.3, -0.25) is 4.98 Å². The van der Waals surface area contributed by atoms with Crippen LogP contribution in [0.1, 0.15) is 11.1 Å². The highest BCUT2D eigenvalue weighted by molar-refractivity contribution is 5.82. The van der Waals surface area contributed by atoms with E-state index < -0.39 is 0 Å². The lowest BCUT2D eigenvalue weighted by Crippen LogP contribution is -1.95. The summed E-state index contributed by atoms with van der Waals surface area (Å²) in [5.41, 5.74) is 4.35. The first-order valence-electron chi connectivity index (χ1n) is 6.39. The molecule has 0 atom stereocenters. The number of nitrogens with one attached hydrogen (secondary N) is 1. The van der Waals surface area contributed by atoms with Gasteiger partial charge in [0.2, 0.25) is 0 Å². The summed E-state index contributed by atoms with van der Waals surface area (Å²) in [6, 6.07) is 18.0. The van der Waals surface area contributed by atoms with E-state index in [1.165, 1.54) is 0 Å². The Morgan fingerprint density at radius 1 is 1.10 bits per heavy atom. The Bertz CT molecular complexity index is 816. The number of nitrogens with zero attached hydrogens (tertiary/aromatic N) is 2. The molecule has 0 spiro atoms. The highest BCUT2D eigenvalue weighted by atomic mass is 14.9. The second kappa shape index (κ2) is 5.02. The van der Waals surface area contributed by atoms with E-state index in [2.05, 4.69) is 16.4 Å². The number of aryl methyl sites for hydroxylation is 1. The third-order valence-electron chi connectivity index (χ3n) is 3.17. The average molecular weight is 259 g/mol. The van der Waals surface area contributed by atoms with Crippen molar-refractivity contribution in [1.29, 1.82) is 5.26 Å². The molecule has 0 radical (unpaired) electrons. The highest BCUT2D eigenvalue weighted by Crippen LogP contribution is 2.23. The quantitative estimate of drug-likeness (QED) is 0.751. The molecule has 0 saturated heterocycles. The second-order valence-corrected chi connectivity index (χ2v) is 4.70. The minimum atomic E-state index is 0.637. The van der Waals surface area contributed by atoms with Crippen molar-refractivity contribution in [2.75, 3.05) is 5.32 Å². The number of benzene rings is 2. The maximum absolute atomic E-state index is 9.19. The lowest BCUT2D eigenvalue weighted by Gasteiger charge is -2.09. The van der Waals surface area contributed by atoms with Crippen LogP contribution in [0, 0.1) is 18.3 Å². The molecule has 3 heteroatoms. The summed E-state index contributed by atoms with van der Waals surface area (Å²) in [5.74, 6) is 0. The van der Waals surface area contributed by atoms with Crippen molar-refractivity contribution in [1.82, 2.24) is 4.98 Å². The molecule has 3 nitrogen and oxygen atoms in total. The van der Waals surface area contributed by atoms with E-state index in [0.717, 1.165) is 27.8 Å². The summed E-state index contributed by atoms with van der Waals surface area (Å²) in [6.45, 7) is 1.97. The van der Waals surface area contributed by atoms with Crippen LogP contribution in [0.25, 0.3) is 10.9 Å². The lowest BCUT2D eigenvalue weighted by molar-refractivity contribution is 1.37. The molecule has 20 heavy (non-hydrogen) atoms. The molecule has 0 unspecified atom stereocenters. The third kappa shape index (κ3) is 2.32. The fraction of sp³-hybridized carbons (Fsp3) is 0.0588. The molecule has 0 saturated carbocycles. The number of hydrogen-bond donors (Lipinski definition) is 1. The summed E-state index contributed by atoms with van der Waals surface area (Å²) in [5, 5.41) is 13.5. The summed E-state index contributed by atoms with van der Waals surface area (Å²) in [7, 11) is 0. The summed E-state index contributed by atoms with van der Waals surface area (Å²) in [4.78, 5) is 4.40. The molecular formula is C17H13N3. The molecule has 0 aliphatic rings. The van der Waals surface area contributed by atoms with Gasteiger partial charge in [-0.05, 0) is 36.8 Å². The van der Waals surface area contributed by atoms with Gasteiger partial charge in [0.05, 0.1) is 28.7 Å². The van der Waals surface area contributed by atoms with Crippen LogP contribution < -0.4 is 5.32 Å². The molecule has 96 valence electrons. The molecule has 0 amide bonds. The zero-order valence-electron chi connectivity index (χ0n) is 11.1. The van der Waals surface area contributed by atoms with Crippen LogP contribution in [0.2, 0.25) is 0 Å². The minimum Gasteiger partial charge on any atom is -0.353 e. The van der Waals surface area contributed by atoms with E-state index in [1.54, 1.807) is 6.20 Å². The van der Waals surface area contributed by atoms with Crippen LogP contribution in [-0.2, 0) is 0 Å². The normalized spacial score (nSPS) is 10.2. The second-order valence-electron chi connectivity index (χ2n) is 4.70. The van der Waals surface area contributed by atoms with Crippen LogP contribution in [-0.4, -0.2) is 4.98 Å². The van der Waals surface area contributed by atoms with Gasteiger partial charge in [-0.1, -0.05) is 24.3 Å². The Morgan fingerprint density at radius 3 is 2.80 bits per heavy atom. The van der Waals surface area contributed by atoms with Crippen molar-refractivity contribution in [2.24, 2.45) is 0 Å². The fourth-order valence-corrected chi connectivity index (χ4v) is 2.15. The first kappa shape index (κ1) is 12.2. The predicted molar refractivity (Wildman–Crippen MR) is 80.9 cm³/mol. The van der Waals surface area contributed by atoms with Crippen LogP contribution in [0.3, 0.4) is 0 Å². The average Bonchev–Trinajstić information content (AvgIpc) is 2.49. The Hall–Kier alpha value is -2.86. The maximum atomic E-state index is 9.19. The van der Waals surface area contributed by atoms with Crippen LogP contribution in [0.15, 0.2) is 54.7 Å². The Morgan fingerprint density at radius 2 is 1.95 bits per heavy atom. The van der Waals surface area contributed by atoms with Gasteiger partial charge in [-0.2, -0.15) is 5.26 Å². The third-order valence-corrected chi connectivity index (χ3v) is 3.17. The number of aromatic nitrogens is 1. The molecule has 0 aliphatic carbocycles. The van der Waals surface area contributed by atoms with Gasteiger partial charge >= 0.3 is 0 Å². The van der Waals surface area contributed by atoms with Crippen molar-refractivity contribution in [2.45, 2.75) is 6.92 Å². The molecular weight excluding hydrogens is 246 g/mol. The fourth-order valence-electron chi connectivity index (χ4n) is 2.15. The molecule has 0 bridgehead atoms. The number of fused-ring (bicyclic) bond motifs is 1. The lowest BCUT2D eigenvalue weighted by atomic mass is 10.1. The first-order valence-corrected chi connectivity index (χ1v) is 6.39. The molecule has 1 aromatic heterocycles. The maximum Gasteiger partial charge on any atom is 0.101 e. The summed E-state index contributed by atoms with van der Waals surface area (Å²) < 4.78 is 0. The van der Waals surface area contributed by atoms with Gasteiger partial charge in [-0.15, -0.1) is 0 Å². The van der Waals surface area contributed by atoms with Crippen molar-refractivity contribution >= 4 is 22.3 Å². The number of anilines is 2. The molecule has 3 aromatic rings. The predicted octanol–water partition coefficient (Wildman–Crippen LogP) is 4.16. The standard InChI is InChI=1S/C17H13N3/c1-12-6-7-17(14(8-12)10-18)20-15-9-13-4-2-3-5-16(13)19-11-15/h2-9,11,20H,1H3. The zero-order chi connectivity index (χ0) is 13.9. The van der Waals surface area contributed by atoms with Crippen molar-refractivity contribution in [3.8, 4) is 6.07 Å². The number of nitriles is 1. The van der Waals surface area contributed by atoms with Gasteiger partial charge in [0.1, 0.15) is 6.07 Å². The molecule has 0 aliphatic heterocycles. The van der Waals surface area contributed by atoms with Gasteiger partial charge in [0.25, 0.3) is 0 Å². The van der Waals surface area contributed by atoms with Crippen molar-refractivity contribution < 1.29 is 0 Å². The summed E-state index contributed by atoms with van der Waals surface area (Å²) >= 11 is 0. The van der Waals surface area contributed by atoms with Crippen LogP contribution >= 0.6 is 0 Å². The largest absolute Gasteiger partial charge is 0.353 e. The molecule has 3 rings (SSSR count). The van der Waals surface area contributed by atoms with E-state index in [0.29, 0.717) is 5.56 Å². The van der Waals surface area contributed by atoms with Gasteiger partial charge in [0, 0.05) is 5.39 Å². The Balaban J connectivity index is 1.99. The van der Waals surface area contributed by atoms with E-state index >= 15 is 0 Å². The van der Waals surface area contributed by atoms with E-state index in [9.17, 15) is 5.26 Å². The smallest absolute Gasteiger partial charge is 0.101 e. The molecule has 1 N–H and O–H groups in total. The molecule has 0 fully saturated rings. The number of hydrogen-bond acceptors (Lipinski definition) is 3. The summed E-state index contributed by atoms with van der Waals surface area (Å²) in [6.07, 6.45) is 1.78. The van der Waals surface area contributed by atoms with E-state index in [-0.39, 0.29) is 0 Å². The topological polar surface area (TPSA) is 48.7 Å². The number of pyridine rings is 1. The Kier molecular flexibility index (Phi) is 3.06. The van der Waals surface area contributed by atoms with Crippen LogP contribution in [0.5, 0.6) is 0 Å². The van der Waals surface area contributed by atoms with Gasteiger partial charge in [0.15, 0.2) is 0 Å². The van der Waals surface area contributed by atoms with Crippen molar-refractivity contribution in [3.05, 3.63) is 65.9 Å². The molecule has 1 heterocycles. The first-order chi connectivity index (χ1) is 9.76. The van der Waals surface area contributed by atoms with E-state index in [4.69, 9.17) is 0 Å². The number of rotatable bonds is 2. The highest BCUT2D eigenvalue weighted by Gasteiger charge is 2.03. The minimum absolute atomic E-state index is 0.637. The Labute approximate surface area is 117 Å². The molecule has 2 aromatic carbocycles. The van der Waals surface area contributed by atoms with Gasteiger partial charge in [-0.25, -0.2) is 0 Å². The monoisotopic (exact) mass is 259 g/mol. The van der Waals surface area contributed by atoms with Crippen LogP contribution in [0.4, 0.5) is 11.4 Å². The van der Waals surface area contributed by atoms with E-state index in [1.807, 2.05) is 55.5 Å². The number of para-hydroxylation sites is 1. The SMILES string of the molecule is Cc1ccc(Nc2cnc3ccccc3c2)c(C#N)c1.